The Hall–Kier alpha value is -3.11. The minimum absolute atomic E-state index is 0.163. The molecular weight excluding hydrogens is 500 g/mol. The monoisotopic (exact) mass is 536 g/mol. The number of aliphatic hydroxyl groups excluding tert-OH is 1. The molecule has 0 unspecified atom stereocenters. The molecule has 9 heteroatoms. The van der Waals surface area contributed by atoms with E-state index in [4.69, 9.17) is 10.5 Å². The molecule has 2 amide bonds. The quantitative estimate of drug-likeness (QED) is 0.307. The lowest BCUT2D eigenvalue weighted by Crippen LogP contribution is -2.33. The van der Waals surface area contributed by atoms with Gasteiger partial charge in [0.05, 0.1) is 31.1 Å². The number of hydrogen-bond acceptors (Lipinski definition) is 7. The number of benzene rings is 2. The van der Waals surface area contributed by atoms with E-state index in [0.29, 0.717) is 23.8 Å². The van der Waals surface area contributed by atoms with E-state index in [1.54, 1.807) is 6.07 Å². The van der Waals surface area contributed by atoms with Crippen LogP contribution in [0, 0.1) is 0 Å². The van der Waals surface area contributed by atoms with Gasteiger partial charge in [-0.25, -0.2) is 4.98 Å². The van der Waals surface area contributed by atoms with E-state index in [0.717, 1.165) is 48.1 Å². The molecule has 5 N–H and O–H groups in total. The first-order valence-electron chi connectivity index (χ1n) is 13.0. The van der Waals surface area contributed by atoms with Gasteiger partial charge in [0.15, 0.2) is 5.13 Å². The van der Waals surface area contributed by atoms with Gasteiger partial charge in [0.1, 0.15) is 0 Å². The van der Waals surface area contributed by atoms with Gasteiger partial charge in [0.25, 0.3) is 5.91 Å². The predicted molar refractivity (Wildman–Crippen MR) is 150 cm³/mol. The zero-order chi connectivity index (χ0) is 27.1. The van der Waals surface area contributed by atoms with Crippen molar-refractivity contribution in [3.05, 3.63) is 70.6 Å². The highest BCUT2D eigenvalue weighted by molar-refractivity contribution is 7.14. The van der Waals surface area contributed by atoms with E-state index in [1.165, 1.54) is 11.3 Å². The summed E-state index contributed by atoms with van der Waals surface area (Å²) in [6, 6.07) is 15.3. The van der Waals surface area contributed by atoms with Crippen LogP contribution in [-0.2, 0) is 21.6 Å². The maximum Gasteiger partial charge on any atom is 0.251 e. The fourth-order valence-electron chi connectivity index (χ4n) is 4.34. The number of hydrogen-bond donors (Lipinski definition) is 4. The Bertz CT molecular complexity index is 1250. The van der Waals surface area contributed by atoms with Crippen LogP contribution in [-0.4, -0.2) is 47.2 Å². The average Bonchev–Trinajstić information content (AvgIpc) is 3.40. The van der Waals surface area contributed by atoms with Gasteiger partial charge in [0, 0.05) is 28.5 Å². The molecule has 0 aliphatic heterocycles. The number of anilines is 1. The van der Waals surface area contributed by atoms with Gasteiger partial charge >= 0.3 is 0 Å². The van der Waals surface area contributed by atoms with E-state index < -0.39 is 0 Å². The number of ether oxygens (including phenoxy) is 1. The normalized spacial score (nSPS) is 17.7. The second-order valence-electron chi connectivity index (χ2n) is 10.4. The molecule has 1 aliphatic carbocycles. The largest absolute Gasteiger partial charge is 0.393 e. The minimum atomic E-state index is -0.350. The summed E-state index contributed by atoms with van der Waals surface area (Å²) in [5, 5.41) is 17.5. The molecule has 1 aliphatic rings. The number of thiazole rings is 1. The Labute approximate surface area is 227 Å². The molecule has 3 aromatic rings. The molecule has 38 heavy (non-hydrogen) atoms. The van der Waals surface area contributed by atoms with Crippen molar-refractivity contribution < 1.29 is 19.4 Å². The van der Waals surface area contributed by atoms with Gasteiger partial charge in [-0.15, -0.1) is 11.3 Å². The lowest BCUT2D eigenvalue weighted by Gasteiger charge is -2.25. The van der Waals surface area contributed by atoms with E-state index in [9.17, 15) is 14.7 Å². The lowest BCUT2D eigenvalue weighted by atomic mass is 9.84. The molecule has 1 heterocycles. The molecule has 0 atom stereocenters. The maximum atomic E-state index is 12.6. The first-order chi connectivity index (χ1) is 18.2. The maximum absolute atomic E-state index is 12.6. The summed E-state index contributed by atoms with van der Waals surface area (Å²) in [5.41, 5.74) is 9.81. The smallest absolute Gasteiger partial charge is 0.251 e. The SMILES string of the molecule is CC(C)(CN)c1cccc(C(=O)NCC(=O)Nc2nc(-c3cccc(CO[C@H]4CC[C@H](O)CC4)c3)cs2)c1. The number of aliphatic hydroxyl groups is 1. The molecule has 2 aromatic carbocycles. The van der Waals surface area contributed by atoms with E-state index in [1.807, 2.05) is 61.7 Å². The molecule has 4 rings (SSSR count). The van der Waals surface area contributed by atoms with Crippen LogP contribution in [0.25, 0.3) is 11.3 Å². The van der Waals surface area contributed by atoms with Crippen LogP contribution in [0.5, 0.6) is 0 Å². The van der Waals surface area contributed by atoms with Crippen LogP contribution in [0.4, 0.5) is 5.13 Å². The third-order valence-electron chi connectivity index (χ3n) is 6.93. The Kier molecular flexibility index (Phi) is 9.27. The molecule has 0 spiro atoms. The Balaban J connectivity index is 1.28. The van der Waals surface area contributed by atoms with Gasteiger partial charge in [-0.2, -0.15) is 0 Å². The highest BCUT2D eigenvalue weighted by atomic mass is 32.1. The van der Waals surface area contributed by atoms with Crippen molar-refractivity contribution in [2.45, 2.75) is 63.8 Å². The van der Waals surface area contributed by atoms with Gasteiger partial charge in [-0.05, 0) is 55.0 Å². The number of rotatable bonds is 10. The fourth-order valence-corrected chi connectivity index (χ4v) is 5.07. The summed E-state index contributed by atoms with van der Waals surface area (Å²) in [6.45, 7) is 4.85. The summed E-state index contributed by atoms with van der Waals surface area (Å²) in [4.78, 5) is 29.6. The van der Waals surface area contributed by atoms with Gasteiger partial charge in [0.2, 0.25) is 5.91 Å². The molecule has 8 nitrogen and oxygen atoms in total. The standard InChI is InChI=1S/C29H36N4O4S/c1-29(2,18-30)22-8-4-7-21(14-22)27(36)31-15-26(35)33-28-32-25(17-38-28)20-6-3-5-19(13-20)16-37-24-11-9-23(34)10-12-24/h3-8,13-14,17,23-24,34H,9-12,15-16,18,30H2,1-2H3,(H,31,36)(H,32,33,35)/t23-,24-. The highest BCUT2D eigenvalue weighted by Gasteiger charge is 2.21. The van der Waals surface area contributed by atoms with Crippen molar-refractivity contribution in [1.29, 1.82) is 0 Å². The first-order valence-corrected chi connectivity index (χ1v) is 13.8. The van der Waals surface area contributed by atoms with E-state index in [2.05, 4.69) is 15.6 Å². The molecule has 0 bridgehead atoms. The van der Waals surface area contributed by atoms with Crippen LogP contribution >= 0.6 is 11.3 Å². The predicted octanol–water partition coefficient (Wildman–Crippen LogP) is 4.24. The topological polar surface area (TPSA) is 127 Å². The van der Waals surface area contributed by atoms with Crippen LogP contribution in [0.15, 0.2) is 53.9 Å². The molecule has 1 aromatic heterocycles. The van der Waals surface area contributed by atoms with Gasteiger partial charge < -0.3 is 26.2 Å². The second kappa shape index (κ2) is 12.6. The van der Waals surface area contributed by atoms with Crippen LogP contribution in [0.3, 0.4) is 0 Å². The summed E-state index contributed by atoms with van der Waals surface area (Å²) in [5.74, 6) is -0.671. The zero-order valence-electron chi connectivity index (χ0n) is 21.9. The molecule has 1 saturated carbocycles. The summed E-state index contributed by atoms with van der Waals surface area (Å²) in [6.07, 6.45) is 3.35. The number of aromatic nitrogens is 1. The number of nitrogens with zero attached hydrogens (tertiary/aromatic N) is 1. The molecule has 0 radical (unpaired) electrons. The van der Waals surface area contributed by atoms with E-state index in [-0.39, 0.29) is 36.0 Å². The zero-order valence-corrected chi connectivity index (χ0v) is 22.7. The summed E-state index contributed by atoms with van der Waals surface area (Å²) < 4.78 is 6.05. The van der Waals surface area contributed by atoms with Crippen molar-refractivity contribution in [2.75, 3.05) is 18.4 Å². The van der Waals surface area contributed by atoms with Crippen molar-refractivity contribution in [3.63, 3.8) is 0 Å². The van der Waals surface area contributed by atoms with Crippen LogP contribution in [0.2, 0.25) is 0 Å². The average molecular weight is 537 g/mol. The van der Waals surface area contributed by atoms with Crippen molar-refractivity contribution in [2.24, 2.45) is 5.73 Å². The molecule has 0 saturated heterocycles. The number of nitrogens with two attached hydrogens (primary N) is 1. The number of nitrogens with one attached hydrogen (secondary N) is 2. The summed E-state index contributed by atoms with van der Waals surface area (Å²) in [7, 11) is 0. The number of carbonyl (C=O) groups is 2. The lowest BCUT2D eigenvalue weighted by molar-refractivity contribution is -0.115. The number of amides is 2. The van der Waals surface area contributed by atoms with Gasteiger partial charge in [-0.1, -0.05) is 44.2 Å². The number of carbonyl (C=O) groups excluding carboxylic acids is 2. The molecule has 202 valence electrons. The second-order valence-corrected chi connectivity index (χ2v) is 11.2. The Morgan fingerprint density at radius 2 is 1.89 bits per heavy atom. The molecular formula is C29H36N4O4S. The molecule has 1 fully saturated rings. The minimum Gasteiger partial charge on any atom is -0.393 e. The Morgan fingerprint density at radius 1 is 1.13 bits per heavy atom. The third-order valence-corrected chi connectivity index (χ3v) is 7.69. The van der Waals surface area contributed by atoms with Crippen molar-refractivity contribution >= 4 is 28.3 Å². The fraction of sp³-hybridized carbons (Fsp3) is 0.414. The van der Waals surface area contributed by atoms with E-state index >= 15 is 0 Å². The highest BCUT2D eigenvalue weighted by Crippen LogP contribution is 2.27. The summed E-state index contributed by atoms with van der Waals surface area (Å²) >= 11 is 1.33. The van der Waals surface area contributed by atoms with Crippen molar-refractivity contribution in [1.82, 2.24) is 10.3 Å². The van der Waals surface area contributed by atoms with Crippen LogP contribution < -0.4 is 16.4 Å². The van der Waals surface area contributed by atoms with Crippen molar-refractivity contribution in [3.8, 4) is 11.3 Å². The first kappa shape index (κ1) is 27.9. The Morgan fingerprint density at radius 3 is 2.66 bits per heavy atom. The third kappa shape index (κ3) is 7.48. The van der Waals surface area contributed by atoms with Gasteiger partial charge in [-0.3, -0.25) is 9.59 Å². The van der Waals surface area contributed by atoms with Crippen LogP contribution in [0.1, 0.15) is 61.0 Å².